The van der Waals surface area contributed by atoms with Crippen LogP contribution < -0.4 is 11.3 Å². The molecular weight excluding hydrogens is 228 g/mol. The lowest BCUT2D eigenvalue weighted by Crippen LogP contribution is -2.60. The number of carbonyl (C=O) groups is 1. The molecule has 1 unspecified atom stereocenters. The number of hydrogen-bond donors (Lipinski definition) is 2. The zero-order chi connectivity index (χ0) is 13.9. The molecule has 5 nitrogen and oxygen atoms in total. The molecule has 0 radical (unpaired) electrons. The number of hydrogen-bond acceptors (Lipinski definition) is 4. The molecule has 0 aromatic heterocycles. The van der Waals surface area contributed by atoms with Crippen LogP contribution in [0.5, 0.6) is 0 Å². The van der Waals surface area contributed by atoms with Gasteiger partial charge in [-0.15, -0.1) is 0 Å². The minimum absolute atomic E-state index is 0.0965. The number of rotatable bonds is 6. The lowest BCUT2D eigenvalue weighted by atomic mass is 9.75. The molecule has 1 fully saturated rings. The first kappa shape index (κ1) is 15.4. The van der Waals surface area contributed by atoms with Gasteiger partial charge in [-0.2, -0.15) is 0 Å². The van der Waals surface area contributed by atoms with Crippen LogP contribution in [0.2, 0.25) is 0 Å². The number of nitrogens with one attached hydrogen (secondary N) is 1. The van der Waals surface area contributed by atoms with Crippen LogP contribution in [0.4, 0.5) is 0 Å². The second-order valence-electron chi connectivity index (χ2n) is 6.08. The van der Waals surface area contributed by atoms with Gasteiger partial charge in [0, 0.05) is 12.1 Å². The van der Waals surface area contributed by atoms with E-state index in [2.05, 4.69) is 43.2 Å². The SMILES string of the molecule is CC(C)C(C(=O)NN)N(C)CC1(N(C)C)CCC1. The van der Waals surface area contributed by atoms with Crippen molar-refractivity contribution in [2.75, 3.05) is 27.7 Å². The Balaban J connectivity index is 2.72. The fourth-order valence-electron chi connectivity index (χ4n) is 2.99. The molecule has 1 atom stereocenters. The van der Waals surface area contributed by atoms with Crippen molar-refractivity contribution in [3.05, 3.63) is 0 Å². The van der Waals surface area contributed by atoms with Crippen LogP contribution >= 0.6 is 0 Å². The minimum Gasteiger partial charge on any atom is -0.302 e. The molecule has 1 saturated carbocycles. The molecule has 1 aliphatic carbocycles. The molecule has 1 aliphatic rings. The van der Waals surface area contributed by atoms with Crippen molar-refractivity contribution >= 4 is 5.91 Å². The van der Waals surface area contributed by atoms with Gasteiger partial charge >= 0.3 is 0 Å². The Kier molecular flexibility index (Phi) is 5.13. The smallest absolute Gasteiger partial charge is 0.251 e. The average Bonchev–Trinajstić information content (AvgIpc) is 2.22. The van der Waals surface area contributed by atoms with Gasteiger partial charge in [0.2, 0.25) is 0 Å². The Hall–Kier alpha value is -0.650. The van der Waals surface area contributed by atoms with E-state index in [9.17, 15) is 4.79 Å². The maximum Gasteiger partial charge on any atom is 0.251 e. The first-order chi connectivity index (χ1) is 8.34. The summed E-state index contributed by atoms with van der Waals surface area (Å²) in [4.78, 5) is 16.3. The van der Waals surface area contributed by atoms with Gasteiger partial charge in [-0.25, -0.2) is 5.84 Å². The zero-order valence-electron chi connectivity index (χ0n) is 12.4. The summed E-state index contributed by atoms with van der Waals surface area (Å²) in [6.45, 7) is 5.02. The van der Waals surface area contributed by atoms with E-state index in [-0.39, 0.29) is 23.4 Å². The Labute approximate surface area is 111 Å². The van der Waals surface area contributed by atoms with Crippen LogP contribution in [0.1, 0.15) is 33.1 Å². The van der Waals surface area contributed by atoms with Crippen molar-refractivity contribution in [2.45, 2.75) is 44.7 Å². The van der Waals surface area contributed by atoms with E-state index >= 15 is 0 Å². The molecule has 1 amide bonds. The summed E-state index contributed by atoms with van der Waals surface area (Å²) in [5.74, 6) is 5.43. The summed E-state index contributed by atoms with van der Waals surface area (Å²) in [6, 6.07) is -0.160. The summed E-state index contributed by atoms with van der Waals surface area (Å²) >= 11 is 0. The van der Waals surface area contributed by atoms with Gasteiger partial charge in [-0.3, -0.25) is 15.1 Å². The first-order valence-electron chi connectivity index (χ1n) is 6.72. The van der Waals surface area contributed by atoms with Crippen LogP contribution in [-0.2, 0) is 4.79 Å². The van der Waals surface area contributed by atoms with Crippen molar-refractivity contribution in [1.29, 1.82) is 0 Å². The second kappa shape index (κ2) is 5.99. The molecule has 0 aromatic rings. The Morgan fingerprint density at radius 2 is 1.89 bits per heavy atom. The fourth-order valence-corrected chi connectivity index (χ4v) is 2.99. The van der Waals surface area contributed by atoms with Crippen LogP contribution in [0.15, 0.2) is 0 Å². The predicted molar refractivity (Wildman–Crippen MR) is 73.9 cm³/mol. The van der Waals surface area contributed by atoms with Crippen molar-refractivity contribution < 1.29 is 4.79 Å². The monoisotopic (exact) mass is 256 g/mol. The van der Waals surface area contributed by atoms with Crippen LogP contribution in [0.3, 0.4) is 0 Å². The van der Waals surface area contributed by atoms with E-state index in [4.69, 9.17) is 5.84 Å². The van der Waals surface area contributed by atoms with Crippen molar-refractivity contribution in [2.24, 2.45) is 11.8 Å². The normalized spacial score (nSPS) is 20.1. The average molecular weight is 256 g/mol. The standard InChI is InChI=1S/C13H28N4O/c1-10(2)11(12(18)15-14)17(5)9-13(16(3)4)7-6-8-13/h10-11H,6-9,14H2,1-5H3,(H,15,18). The number of amides is 1. The van der Waals surface area contributed by atoms with Crippen LogP contribution in [0.25, 0.3) is 0 Å². The number of nitrogens with zero attached hydrogens (tertiary/aromatic N) is 2. The molecule has 0 aliphatic heterocycles. The minimum atomic E-state index is -0.160. The van der Waals surface area contributed by atoms with Crippen molar-refractivity contribution in [3.8, 4) is 0 Å². The van der Waals surface area contributed by atoms with Gasteiger partial charge in [0.25, 0.3) is 5.91 Å². The summed E-state index contributed by atoms with van der Waals surface area (Å²) in [5.41, 5.74) is 2.52. The van der Waals surface area contributed by atoms with E-state index in [1.165, 1.54) is 19.3 Å². The highest BCUT2D eigenvalue weighted by atomic mass is 16.2. The second-order valence-corrected chi connectivity index (χ2v) is 6.08. The molecule has 18 heavy (non-hydrogen) atoms. The van der Waals surface area contributed by atoms with Gasteiger partial charge in [0.05, 0.1) is 6.04 Å². The highest BCUT2D eigenvalue weighted by molar-refractivity contribution is 5.81. The molecular formula is C13H28N4O. The lowest BCUT2D eigenvalue weighted by Gasteiger charge is -2.50. The molecule has 0 saturated heterocycles. The van der Waals surface area contributed by atoms with E-state index in [1.54, 1.807) is 0 Å². The largest absolute Gasteiger partial charge is 0.302 e. The third-order valence-corrected chi connectivity index (χ3v) is 4.29. The molecule has 0 bridgehead atoms. The molecule has 1 rings (SSSR count). The number of likely N-dealkylation sites (N-methyl/N-ethyl adjacent to an activating group) is 2. The molecule has 3 N–H and O–H groups in total. The molecule has 106 valence electrons. The number of carbonyl (C=O) groups excluding carboxylic acids is 1. The van der Waals surface area contributed by atoms with E-state index < -0.39 is 0 Å². The highest BCUT2D eigenvalue weighted by Crippen LogP contribution is 2.37. The van der Waals surface area contributed by atoms with Gasteiger partial charge in [-0.05, 0) is 46.3 Å². The van der Waals surface area contributed by atoms with Crippen LogP contribution in [0, 0.1) is 5.92 Å². The van der Waals surface area contributed by atoms with Gasteiger partial charge in [0.1, 0.15) is 0 Å². The number of nitrogens with two attached hydrogens (primary N) is 1. The van der Waals surface area contributed by atoms with Crippen molar-refractivity contribution in [1.82, 2.24) is 15.2 Å². The summed E-state index contributed by atoms with van der Waals surface area (Å²) < 4.78 is 0. The molecule has 0 aromatic carbocycles. The Morgan fingerprint density at radius 3 is 2.17 bits per heavy atom. The topological polar surface area (TPSA) is 61.6 Å². The van der Waals surface area contributed by atoms with E-state index in [0.717, 1.165) is 6.54 Å². The Morgan fingerprint density at radius 1 is 1.33 bits per heavy atom. The number of hydrazine groups is 1. The van der Waals surface area contributed by atoms with Crippen LogP contribution in [-0.4, -0.2) is 55.0 Å². The summed E-state index contributed by atoms with van der Waals surface area (Å²) in [7, 11) is 6.27. The van der Waals surface area contributed by atoms with E-state index in [1.807, 2.05) is 7.05 Å². The molecule has 5 heteroatoms. The van der Waals surface area contributed by atoms with Crippen molar-refractivity contribution in [3.63, 3.8) is 0 Å². The van der Waals surface area contributed by atoms with E-state index in [0.29, 0.717) is 0 Å². The first-order valence-corrected chi connectivity index (χ1v) is 6.72. The Bertz CT molecular complexity index is 287. The van der Waals surface area contributed by atoms with Gasteiger partial charge < -0.3 is 4.90 Å². The third kappa shape index (κ3) is 3.02. The summed E-state index contributed by atoms with van der Waals surface area (Å²) in [6.07, 6.45) is 3.69. The molecule has 0 spiro atoms. The quantitative estimate of drug-likeness (QED) is 0.411. The highest BCUT2D eigenvalue weighted by Gasteiger charge is 2.41. The zero-order valence-corrected chi connectivity index (χ0v) is 12.4. The summed E-state index contributed by atoms with van der Waals surface area (Å²) in [5, 5.41) is 0. The maximum atomic E-state index is 11.9. The fraction of sp³-hybridized carbons (Fsp3) is 0.923. The molecule has 0 heterocycles. The predicted octanol–water partition coefficient (Wildman–Crippen LogP) is 0.417. The lowest BCUT2D eigenvalue weighted by molar-refractivity contribution is -0.128. The maximum absolute atomic E-state index is 11.9. The third-order valence-electron chi connectivity index (χ3n) is 4.29. The van der Waals surface area contributed by atoms with Gasteiger partial charge in [0.15, 0.2) is 0 Å². The van der Waals surface area contributed by atoms with Gasteiger partial charge in [-0.1, -0.05) is 13.8 Å².